The molecule has 1 amide bonds. The van der Waals surface area contributed by atoms with Gasteiger partial charge in [-0.15, -0.1) is 0 Å². The van der Waals surface area contributed by atoms with E-state index in [2.05, 4.69) is 10.3 Å². The van der Waals surface area contributed by atoms with Gasteiger partial charge in [0, 0.05) is 11.9 Å². The summed E-state index contributed by atoms with van der Waals surface area (Å²) in [4.78, 5) is 28.3. The zero-order valence-electron chi connectivity index (χ0n) is 13.2. The third-order valence-electron chi connectivity index (χ3n) is 3.67. The lowest BCUT2D eigenvalue weighted by Crippen LogP contribution is -2.25. The highest BCUT2D eigenvalue weighted by Crippen LogP contribution is 2.22. The quantitative estimate of drug-likeness (QED) is 0.806. The maximum Gasteiger partial charge on any atom is 0.421 e. The Bertz CT molecular complexity index is 930. The number of oxazole rings is 1. The van der Waals surface area contributed by atoms with Gasteiger partial charge in [0.05, 0.1) is 0 Å². The Labute approximate surface area is 132 Å². The van der Waals surface area contributed by atoms with Gasteiger partial charge in [0.25, 0.3) is 0 Å². The molecule has 3 rings (SSSR count). The molecule has 0 unspecified atom stereocenters. The van der Waals surface area contributed by atoms with Crippen molar-refractivity contribution >= 4 is 22.8 Å². The number of fused-ring (bicyclic) bond motifs is 1. The normalized spacial score (nSPS) is 10.9. The van der Waals surface area contributed by atoms with Crippen molar-refractivity contribution in [3.63, 3.8) is 0 Å². The number of nitrogens with one attached hydrogen (secondary N) is 1. The van der Waals surface area contributed by atoms with Gasteiger partial charge in [-0.3, -0.25) is 4.79 Å². The van der Waals surface area contributed by atoms with Crippen LogP contribution in [0.3, 0.4) is 0 Å². The molecule has 0 radical (unpaired) electrons. The molecule has 0 aliphatic rings. The van der Waals surface area contributed by atoms with Gasteiger partial charge in [-0.05, 0) is 44.0 Å². The van der Waals surface area contributed by atoms with E-state index in [1.807, 2.05) is 32.9 Å². The average molecular weight is 311 g/mol. The Kier molecular flexibility index (Phi) is 3.73. The topological polar surface area (TPSA) is 77.1 Å². The Morgan fingerprint density at radius 1 is 1.26 bits per heavy atom. The summed E-state index contributed by atoms with van der Waals surface area (Å²) in [6.45, 7) is 5.75. The second kappa shape index (κ2) is 5.72. The molecule has 3 aromatic rings. The Morgan fingerprint density at radius 2 is 1.96 bits per heavy atom. The molecule has 1 aromatic carbocycles. The monoisotopic (exact) mass is 311 g/mol. The number of nitrogens with zero attached hydrogens (tertiary/aromatic N) is 2. The fraction of sp³-hybridized carbons (Fsp3) is 0.235. The lowest BCUT2D eigenvalue weighted by molar-refractivity contribution is -0.116. The van der Waals surface area contributed by atoms with Crippen LogP contribution in [0.15, 0.2) is 39.7 Å². The number of pyridine rings is 1. The summed E-state index contributed by atoms with van der Waals surface area (Å²) in [6, 6.07) is 7.33. The molecule has 2 aromatic heterocycles. The predicted molar refractivity (Wildman–Crippen MR) is 87.6 cm³/mol. The van der Waals surface area contributed by atoms with E-state index in [-0.39, 0.29) is 12.5 Å². The third-order valence-corrected chi connectivity index (χ3v) is 3.67. The van der Waals surface area contributed by atoms with Crippen LogP contribution in [0.4, 0.5) is 5.69 Å². The van der Waals surface area contributed by atoms with Crippen molar-refractivity contribution in [2.24, 2.45) is 0 Å². The number of carbonyl (C=O) groups excluding carboxylic acids is 1. The third kappa shape index (κ3) is 2.88. The van der Waals surface area contributed by atoms with E-state index in [0.717, 1.165) is 22.4 Å². The van der Waals surface area contributed by atoms with E-state index in [1.165, 1.54) is 4.57 Å². The molecule has 2 heterocycles. The van der Waals surface area contributed by atoms with E-state index < -0.39 is 5.76 Å². The van der Waals surface area contributed by atoms with Crippen LogP contribution in [-0.2, 0) is 11.3 Å². The number of aryl methyl sites for hydroxylation is 3. The molecule has 0 fully saturated rings. The summed E-state index contributed by atoms with van der Waals surface area (Å²) in [7, 11) is 0. The zero-order valence-corrected chi connectivity index (χ0v) is 13.2. The molecular weight excluding hydrogens is 294 g/mol. The number of aromatic nitrogens is 2. The highest BCUT2D eigenvalue weighted by Gasteiger charge is 2.15. The summed E-state index contributed by atoms with van der Waals surface area (Å²) in [5, 5.41) is 2.87. The van der Waals surface area contributed by atoms with Crippen LogP contribution in [0, 0.1) is 20.8 Å². The number of benzene rings is 1. The summed E-state index contributed by atoms with van der Waals surface area (Å²) in [5.41, 5.74) is 4.61. The van der Waals surface area contributed by atoms with E-state index >= 15 is 0 Å². The Morgan fingerprint density at radius 3 is 2.65 bits per heavy atom. The van der Waals surface area contributed by atoms with Crippen LogP contribution >= 0.6 is 0 Å². The molecule has 0 aliphatic heterocycles. The highest BCUT2D eigenvalue weighted by molar-refractivity contribution is 5.92. The van der Waals surface area contributed by atoms with Crippen molar-refractivity contribution in [2.75, 3.05) is 5.32 Å². The van der Waals surface area contributed by atoms with Crippen molar-refractivity contribution < 1.29 is 9.21 Å². The summed E-state index contributed by atoms with van der Waals surface area (Å²) in [5.74, 6) is -0.887. The molecular formula is C17H17N3O3. The first-order chi connectivity index (χ1) is 11.0. The molecule has 23 heavy (non-hydrogen) atoms. The second-order valence-corrected chi connectivity index (χ2v) is 5.60. The van der Waals surface area contributed by atoms with Gasteiger partial charge in [-0.1, -0.05) is 17.7 Å². The second-order valence-electron chi connectivity index (χ2n) is 5.60. The average Bonchev–Trinajstić information content (AvgIpc) is 2.79. The molecule has 0 saturated carbocycles. The first kappa shape index (κ1) is 15.0. The van der Waals surface area contributed by atoms with Crippen LogP contribution in [-0.4, -0.2) is 15.5 Å². The van der Waals surface area contributed by atoms with E-state index in [0.29, 0.717) is 11.2 Å². The van der Waals surface area contributed by atoms with Gasteiger partial charge in [0.1, 0.15) is 6.54 Å². The number of hydrogen-bond acceptors (Lipinski definition) is 4. The van der Waals surface area contributed by atoms with Gasteiger partial charge >= 0.3 is 5.76 Å². The number of rotatable bonds is 3. The van der Waals surface area contributed by atoms with E-state index in [1.54, 1.807) is 18.3 Å². The first-order valence-electron chi connectivity index (χ1n) is 7.28. The number of amides is 1. The van der Waals surface area contributed by atoms with Crippen molar-refractivity contribution in [2.45, 2.75) is 27.3 Å². The number of carbonyl (C=O) groups is 1. The molecule has 0 bridgehead atoms. The lowest BCUT2D eigenvalue weighted by Gasteiger charge is -2.12. The first-order valence-corrected chi connectivity index (χ1v) is 7.28. The summed E-state index contributed by atoms with van der Waals surface area (Å²) in [6.07, 6.45) is 1.56. The SMILES string of the molecule is Cc1cc(C)c(NC(=O)Cn2c(=O)oc3cccnc32)c(C)c1. The minimum Gasteiger partial charge on any atom is -0.406 e. The smallest absolute Gasteiger partial charge is 0.406 e. The van der Waals surface area contributed by atoms with Crippen LogP contribution in [0.1, 0.15) is 16.7 Å². The minimum atomic E-state index is -0.591. The summed E-state index contributed by atoms with van der Waals surface area (Å²) >= 11 is 0. The lowest BCUT2D eigenvalue weighted by atomic mass is 10.1. The van der Waals surface area contributed by atoms with Crippen LogP contribution in [0.2, 0.25) is 0 Å². The maximum atomic E-state index is 12.3. The van der Waals surface area contributed by atoms with Crippen molar-refractivity contribution in [1.29, 1.82) is 0 Å². The fourth-order valence-electron chi connectivity index (χ4n) is 2.74. The highest BCUT2D eigenvalue weighted by atomic mass is 16.4. The van der Waals surface area contributed by atoms with E-state index in [4.69, 9.17) is 4.42 Å². The number of anilines is 1. The molecule has 118 valence electrons. The molecule has 0 atom stereocenters. The molecule has 0 saturated heterocycles. The maximum absolute atomic E-state index is 12.3. The van der Waals surface area contributed by atoms with Crippen molar-refractivity contribution in [1.82, 2.24) is 9.55 Å². The van der Waals surface area contributed by atoms with Crippen molar-refractivity contribution in [3.8, 4) is 0 Å². The molecule has 6 heteroatoms. The Hall–Kier alpha value is -2.89. The Balaban J connectivity index is 1.88. The molecule has 6 nitrogen and oxygen atoms in total. The largest absolute Gasteiger partial charge is 0.421 e. The van der Waals surface area contributed by atoms with Gasteiger partial charge in [-0.25, -0.2) is 14.3 Å². The van der Waals surface area contributed by atoms with Gasteiger partial charge < -0.3 is 9.73 Å². The van der Waals surface area contributed by atoms with Crippen LogP contribution < -0.4 is 11.1 Å². The van der Waals surface area contributed by atoms with Gasteiger partial charge in [-0.2, -0.15) is 0 Å². The van der Waals surface area contributed by atoms with E-state index in [9.17, 15) is 9.59 Å². The standard InChI is InChI=1S/C17H17N3O3/c1-10-7-11(2)15(12(3)8-10)19-14(21)9-20-16-13(23-17(20)22)5-4-6-18-16/h4-8H,9H2,1-3H3,(H,19,21). The fourth-order valence-corrected chi connectivity index (χ4v) is 2.74. The molecule has 0 aliphatic carbocycles. The predicted octanol–water partition coefficient (Wildman–Crippen LogP) is 2.55. The van der Waals surface area contributed by atoms with Crippen LogP contribution in [0.25, 0.3) is 11.2 Å². The van der Waals surface area contributed by atoms with Crippen molar-refractivity contribution in [3.05, 3.63) is 57.7 Å². The molecule has 0 spiro atoms. The van der Waals surface area contributed by atoms with Gasteiger partial charge in [0.2, 0.25) is 5.91 Å². The number of hydrogen-bond donors (Lipinski definition) is 1. The minimum absolute atomic E-state index is 0.143. The summed E-state index contributed by atoms with van der Waals surface area (Å²) < 4.78 is 6.30. The molecule has 1 N–H and O–H groups in total. The van der Waals surface area contributed by atoms with Crippen LogP contribution in [0.5, 0.6) is 0 Å². The zero-order chi connectivity index (χ0) is 16.6. The van der Waals surface area contributed by atoms with Gasteiger partial charge in [0.15, 0.2) is 11.2 Å².